The van der Waals surface area contributed by atoms with Crippen molar-refractivity contribution in [3.05, 3.63) is 0 Å². The van der Waals surface area contributed by atoms with Crippen LogP contribution < -0.4 is 5.32 Å². The lowest BCUT2D eigenvalue weighted by atomic mass is 10.1. The van der Waals surface area contributed by atoms with Crippen LogP contribution >= 0.6 is 12.4 Å². The number of ether oxygens (including phenoxy) is 1. The highest BCUT2D eigenvalue weighted by Crippen LogP contribution is 2.26. The van der Waals surface area contributed by atoms with Gasteiger partial charge in [-0.3, -0.25) is 5.32 Å². The van der Waals surface area contributed by atoms with E-state index in [-0.39, 0.29) is 29.4 Å². The highest BCUT2D eigenvalue weighted by Gasteiger charge is 2.36. The summed E-state index contributed by atoms with van der Waals surface area (Å²) in [5.74, 6) is 0.355. The van der Waals surface area contributed by atoms with E-state index in [0.717, 1.165) is 19.3 Å². The van der Waals surface area contributed by atoms with Crippen LogP contribution in [0.5, 0.6) is 0 Å². The van der Waals surface area contributed by atoms with Gasteiger partial charge in [-0.2, -0.15) is 0 Å². The van der Waals surface area contributed by atoms with Gasteiger partial charge in [0.1, 0.15) is 6.23 Å². The SMILES string of the molecule is CC1(C)COC(CC2CCCCS2(=O)=O)N1.Cl. The van der Waals surface area contributed by atoms with Gasteiger partial charge in [-0.25, -0.2) is 8.42 Å². The zero-order valence-electron chi connectivity index (χ0n) is 10.4. The third kappa shape index (κ3) is 3.81. The Labute approximate surface area is 110 Å². The zero-order chi connectivity index (χ0) is 11.8. The van der Waals surface area contributed by atoms with E-state index in [1.165, 1.54) is 0 Å². The summed E-state index contributed by atoms with van der Waals surface area (Å²) in [5, 5.41) is 3.13. The highest BCUT2D eigenvalue weighted by molar-refractivity contribution is 7.92. The van der Waals surface area contributed by atoms with E-state index < -0.39 is 9.84 Å². The van der Waals surface area contributed by atoms with Gasteiger partial charge in [0.25, 0.3) is 0 Å². The first-order valence-electron chi connectivity index (χ1n) is 6.00. The Bertz CT molecular complexity index is 356. The molecule has 17 heavy (non-hydrogen) atoms. The van der Waals surface area contributed by atoms with Crippen LogP contribution in [0.3, 0.4) is 0 Å². The van der Waals surface area contributed by atoms with E-state index in [9.17, 15) is 8.42 Å². The van der Waals surface area contributed by atoms with Gasteiger partial charge in [0.2, 0.25) is 0 Å². The van der Waals surface area contributed by atoms with Crippen LogP contribution in [-0.2, 0) is 14.6 Å². The predicted molar refractivity (Wildman–Crippen MR) is 70.2 cm³/mol. The average molecular weight is 284 g/mol. The Kier molecular flexibility index (Phi) is 4.86. The van der Waals surface area contributed by atoms with Gasteiger partial charge < -0.3 is 4.74 Å². The number of nitrogens with one attached hydrogen (secondary N) is 1. The summed E-state index contributed by atoms with van der Waals surface area (Å²) in [4.78, 5) is 0. The van der Waals surface area contributed by atoms with E-state index in [1.807, 2.05) is 0 Å². The summed E-state index contributed by atoms with van der Waals surface area (Å²) in [6, 6.07) is 0. The van der Waals surface area contributed by atoms with Crippen molar-refractivity contribution in [3.8, 4) is 0 Å². The first kappa shape index (κ1) is 15.2. The molecule has 2 aliphatic rings. The quantitative estimate of drug-likeness (QED) is 0.834. The third-order valence-corrected chi connectivity index (χ3v) is 5.69. The third-order valence-electron chi connectivity index (χ3n) is 3.39. The molecule has 0 saturated carbocycles. The summed E-state index contributed by atoms with van der Waals surface area (Å²) in [7, 11) is -2.87. The number of halogens is 1. The largest absolute Gasteiger partial charge is 0.361 e. The second-order valence-corrected chi connectivity index (χ2v) is 7.95. The van der Waals surface area contributed by atoms with Crippen LogP contribution in [0.1, 0.15) is 39.5 Å². The maximum Gasteiger partial charge on any atom is 0.153 e. The van der Waals surface area contributed by atoms with Gasteiger partial charge in [-0.1, -0.05) is 6.42 Å². The van der Waals surface area contributed by atoms with E-state index in [2.05, 4.69) is 19.2 Å². The van der Waals surface area contributed by atoms with Gasteiger partial charge in [-0.15, -0.1) is 12.4 Å². The maximum atomic E-state index is 11.8. The molecule has 0 spiro atoms. The minimum atomic E-state index is -2.87. The molecule has 0 bridgehead atoms. The van der Waals surface area contributed by atoms with E-state index in [1.54, 1.807) is 0 Å². The van der Waals surface area contributed by atoms with E-state index in [4.69, 9.17) is 4.74 Å². The molecule has 0 amide bonds. The summed E-state index contributed by atoms with van der Waals surface area (Å²) in [5.41, 5.74) is -0.0247. The van der Waals surface area contributed by atoms with Gasteiger partial charge in [-0.05, 0) is 26.7 Å². The van der Waals surface area contributed by atoms with Crippen molar-refractivity contribution in [2.45, 2.75) is 56.5 Å². The fourth-order valence-electron chi connectivity index (χ4n) is 2.48. The maximum absolute atomic E-state index is 11.8. The fraction of sp³-hybridized carbons (Fsp3) is 1.00. The minimum absolute atomic E-state index is 0. The standard InChI is InChI=1S/C11H21NO3S.ClH/c1-11(2)8-15-10(12-11)7-9-5-3-4-6-16(9,13)14;/h9-10,12H,3-8H2,1-2H3;1H. The first-order valence-corrected chi connectivity index (χ1v) is 7.71. The van der Waals surface area contributed by atoms with Crippen LogP contribution in [0.15, 0.2) is 0 Å². The molecule has 0 radical (unpaired) electrons. The molecule has 1 N–H and O–H groups in total. The first-order chi connectivity index (χ1) is 7.39. The van der Waals surface area contributed by atoms with Crippen molar-refractivity contribution in [2.75, 3.05) is 12.4 Å². The fourth-order valence-corrected chi connectivity index (χ4v) is 4.41. The van der Waals surface area contributed by atoms with Gasteiger partial charge in [0.05, 0.1) is 17.6 Å². The van der Waals surface area contributed by atoms with Crippen molar-refractivity contribution < 1.29 is 13.2 Å². The lowest BCUT2D eigenvalue weighted by molar-refractivity contribution is 0.0898. The Morgan fingerprint density at radius 1 is 1.35 bits per heavy atom. The molecule has 2 heterocycles. The van der Waals surface area contributed by atoms with Crippen LogP contribution in [0.2, 0.25) is 0 Å². The topological polar surface area (TPSA) is 55.4 Å². The lowest BCUT2D eigenvalue weighted by Crippen LogP contribution is -2.42. The number of hydrogen-bond donors (Lipinski definition) is 1. The Balaban J connectivity index is 0.00000144. The molecule has 2 saturated heterocycles. The van der Waals surface area contributed by atoms with Crippen molar-refractivity contribution >= 4 is 22.2 Å². The molecule has 0 aromatic rings. The van der Waals surface area contributed by atoms with Crippen molar-refractivity contribution in [1.82, 2.24) is 5.32 Å². The number of hydrogen-bond acceptors (Lipinski definition) is 4. The van der Waals surface area contributed by atoms with Crippen molar-refractivity contribution in [1.29, 1.82) is 0 Å². The summed E-state index contributed by atoms with van der Waals surface area (Å²) >= 11 is 0. The smallest absolute Gasteiger partial charge is 0.153 e. The van der Waals surface area contributed by atoms with Gasteiger partial charge >= 0.3 is 0 Å². The Morgan fingerprint density at radius 2 is 2.06 bits per heavy atom. The number of sulfone groups is 1. The molecular weight excluding hydrogens is 262 g/mol. The lowest BCUT2D eigenvalue weighted by Gasteiger charge is -2.25. The normalized spacial score (nSPS) is 35.2. The van der Waals surface area contributed by atoms with Crippen molar-refractivity contribution in [2.24, 2.45) is 0 Å². The molecule has 2 rings (SSSR count). The molecule has 0 aromatic heterocycles. The highest BCUT2D eigenvalue weighted by atomic mass is 35.5. The molecule has 4 nitrogen and oxygen atoms in total. The van der Waals surface area contributed by atoms with Crippen LogP contribution in [-0.4, -0.2) is 37.8 Å². The molecular formula is C11H22ClNO3S. The number of rotatable bonds is 2. The summed E-state index contributed by atoms with van der Waals surface area (Å²) in [6.07, 6.45) is 3.16. The Morgan fingerprint density at radius 3 is 2.59 bits per heavy atom. The van der Waals surface area contributed by atoms with Crippen LogP contribution in [0, 0.1) is 0 Å². The van der Waals surface area contributed by atoms with Gasteiger partial charge in [0.15, 0.2) is 9.84 Å². The van der Waals surface area contributed by atoms with Crippen molar-refractivity contribution in [3.63, 3.8) is 0 Å². The molecule has 0 aromatic carbocycles. The zero-order valence-corrected chi connectivity index (χ0v) is 12.1. The Hall–Kier alpha value is 0.160. The monoisotopic (exact) mass is 283 g/mol. The molecule has 2 aliphatic heterocycles. The molecule has 0 aliphatic carbocycles. The van der Waals surface area contributed by atoms with Crippen LogP contribution in [0.4, 0.5) is 0 Å². The molecule has 102 valence electrons. The molecule has 6 heteroatoms. The average Bonchev–Trinajstić information content (AvgIpc) is 2.49. The second-order valence-electron chi connectivity index (χ2n) is 5.55. The van der Waals surface area contributed by atoms with Gasteiger partial charge in [0, 0.05) is 12.0 Å². The van der Waals surface area contributed by atoms with E-state index >= 15 is 0 Å². The van der Waals surface area contributed by atoms with E-state index in [0.29, 0.717) is 18.8 Å². The molecule has 2 atom stereocenters. The summed E-state index contributed by atoms with van der Waals surface area (Å²) < 4.78 is 29.3. The van der Waals surface area contributed by atoms with Crippen LogP contribution in [0.25, 0.3) is 0 Å². The summed E-state index contributed by atoms with van der Waals surface area (Å²) in [6.45, 7) is 4.80. The molecule has 2 unspecified atom stereocenters. The minimum Gasteiger partial charge on any atom is -0.361 e. The molecule has 2 fully saturated rings. The second kappa shape index (κ2) is 5.43. The predicted octanol–water partition coefficient (Wildman–Crippen LogP) is 1.49.